The van der Waals surface area contributed by atoms with Crippen LogP contribution in [0.15, 0.2) is 107 Å². The van der Waals surface area contributed by atoms with Crippen LogP contribution in [-0.4, -0.2) is 105 Å². The molecule has 8 aromatic rings. The fourth-order valence-electron chi connectivity index (χ4n) is 8.52. The van der Waals surface area contributed by atoms with Crippen molar-refractivity contribution >= 4 is 60.9 Å². The molecule has 6 heterocycles. The molecule has 1 fully saturated rings. The molecule has 0 spiro atoms. The Bertz CT molecular complexity index is 3260. The highest BCUT2D eigenvalue weighted by Crippen LogP contribution is 2.37. The number of morpholine rings is 1. The van der Waals surface area contributed by atoms with Crippen LogP contribution in [0.5, 0.6) is 0 Å². The zero-order chi connectivity index (χ0) is 49.9. The monoisotopic (exact) mass is 968 g/mol. The van der Waals surface area contributed by atoms with Crippen molar-refractivity contribution in [1.29, 1.82) is 0 Å². The number of nitrogens with zero attached hydrogens (tertiary/aromatic N) is 4. The van der Waals surface area contributed by atoms with Gasteiger partial charge in [-0.3, -0.25) is 24.4 Å². The van der Waals surface area contributed by atoms with Gasteiger partial charge >= 0.3 is 12.4 Å². The largest absolute Gasteiger partial charge is 0.408 e. The van der Waals surface area contributed by atoms with Crippen molar-refractivity contribution in [2.24, 2.45) is 11.8 Å². The van der Waals surface area contributed by atoms with Crippen LogP contribution in [0.2, 0.25) is 0 Å². The van der Waals surface area contributed by atoms with Crippen molar-refractivity contribution in [2.45, 2.75) is 52.1 Å². The van der Waals surface area contributed by atoms with Gasteiger partial charge in [0.1, 0.15) is 23.7 Å². The zero-order valence-electron chi connectivity index (χ0n) is 38.5. The minimum Gasteiger partial charge on any atom is -0.379 e. The average Bonchev–Trinajstić information content (AvgIpc) is 3.87. The predicted molar refractivity (Wildman–Crippen MR) is 259 cm³/mol. The number of amides is 1. The van der Waals surface area contributed by atoms with Crippen molar-refractivity contribution in [2.75, 3.05) is 50.0 Å². The maximum absolute atomic E-state index is 13.8. The molecule has 14 nitrogen and oxygen atoms in total. The number of nitrogens with one attached hydrogen (secondary N) is 6. The van der Waals surface area contributed by atoms with E-state index < -0.39 is 36.3 Å². The normalized spacial score (nSPS) is 14.5. The molecule has 0 radical (unpaired) electrons. The van der Waals surface area contributed by atoms with E-state index in [9.17, 15) is 40.7 Å². The van der Waals surface area contributed by atoms with E-state index in [4.69, 9.17) is 4.74 Å². The van der Waals surface area contributed by atoms with Gasteiger partial charge in [0.25, 0.3) is 17.0 Å². The molecule has 1 saturated heterocycles. The summed E-state index contributed by atoms with van der Waals surface area (Å²) in [6.07, 6.45) is -4.48. The minimum atomic E-state index is -4.48. The highest BCUT2D eigenvalue weighted by atomic mass is 19.4. The lowest BCUT2D eigenvalue weighted by molar-refractivity contribution is -0.151. The molecule has 0 aliphatic carbocycles. The second-order valence-corrected chi connectivity index (χ2v) is 17.6. The number of ether oxygens (including phenoxy) is 1. The summed E-state index contributed by atoms with van der Waals surface area (Å²) in [5.41, 5.74) is 3.40. The standard InChI is InChI=1S/C30H32F3N5O3.C20H18F3N5O/c1-18(2)26(30(31,32)33)37-27-22-8-7-21(17-23(22)25-24(36-27)9-10-34-29(25)40)19-3-5-20(6-4-19)28(39)35-11-12-38-13-15-41-16-14-38;1-10(2)17(20(21,22)23)27-18-12-4-3-11(14-6-8-25-28-14)9-13(12)16-15(26-18)5-7-24-19(16)29/h3-10,17-18,26H,11-16H2,1-2H3,(H,34,40)(H,35,39)(H,36,37);3-10,17H,1-2H3,(H,24,29)(H,25,28)(H,26,27)/t26-;17-/m11/s1. The van der Waals surface area contributed by atoms with Crippen LogP contribution in [-0.2, 0) is 4.74 Å². The second kappa shape index (κ2) is 20.3. The third-order valence-corrected chi connectivity index (χ3v) is 12.2. The molecule has 5 aromatic heterocycles. The van der Waals surface area contributed by atoms with E-state index in [1.54, 1.807) is 72.9 Å². The number of benzene rings is 3. The minimum absolute atomic E-state index is 0.0600. The first kappa shape index (κ1) is 49.1. The van der Waals surface area contributed by atoms with E-state index in [2.05, 4.69) is 51.0 Å². The quantitative estimate of drug-likeness (QED) is 0.0509. The first-order valence-corrected chi connectivity index (χ1v) is 22.6. The summed E-state index contributed by atoms with van der Waals surface area (Å²) < 4.78 is 87.3. The summed E-state index contributed by atoms with van der Waals surface area (Å²) in [5.74, 6) is -1.47. The Morgan fingerprint density at radius 2 is 1.17 bits per heavy atom. The summed E-state index contributed by atoms with van der Waals surface area (Å²) in [7, 11) is 0. The molecule has 3 aromatic carbocycles. The van der Waals surface area contributed by atoms with Gasteiger partial charge in [0, 0.05) is 77.4 Å². The molecule has 1 amide bonds. The third-order valence-electron chi connectivity index (χ3n) is 12.2. The first-order valence-electron chi connectivity index (χ1n) is 22.6. The number of carbonyl (C=O) groups excluding carboxylic acids is 1. The van der Waals surface area contributed by atoms with Crippen molar-refractivity contribution in [1.82, 2.24) is 40.3 Å². The Labute approximate surface area is 396 Å². The van der Waals surface area contributed by atoms with Gasteiger partial charge in [0.2, 0.25) is 0 Å². The van der Waals surface area contributed by atoms with Gasteiger partial charge < -0.3 is 30.7 Å². The fraction of sp³-hybridized carbons (Fsp3) is 0.320. The van der Waals surface area contributed by atoms with Crippen LogP contribution in [0.25, 0.3) is 65.7 Å². The van der Waals surface area contributed by atoms with Crippen LogP contribution in [0.3, 0.4) is 0 Å². The first-order chi connectivity index (χ1) is 33.4. The number of hydrogen-bond donors (Lipinski definition) is 6. The molecule has 0 saturated carbocycles. The summed E-state index contributed by atoms with van der Waals surface area (Å²) in [6, 6.07) is 18.8. The van der Waals surface area contributed by atoms with E-state index in [1.807, 2.05) is 12.1 Å². The molecular formula is C50H50F6N10O4. The summed E-state index contributed by atoms with van der Waals surface area (Å²) in [4.78, 5) is 54.2. The topological polar surface area (TPSA) is 186 Å². The van der Waals surface area contributed by atoms with Gasteiger partial charge in [0.15, 0.2) is 0 Å². The van der Waals surface area contributed by atoms with Crippen molar-refractivity contribution in [3.63, 3.8) is 0 Å². The SMILES string of the molecule is CC(C)[C@@H](Nc1nc2cc[nH]c(=O)c2c2cc(-c3ccc(C(=O)NCCN4CCOCC4)cc3)ccc12)C(F)(F)F.CC(C)[C@@H](Nc1nc2cc[nH]c(=O)c2c2cc(-c3ccn[nH]3)ccc12)C(F)(F)F. The number of halogens is 6. The smallest absolute Gasteiger partial charge is 0.379 e. The Hall–Kier alpha value is -7.32. The number of hydrogen-bond acceptors (Lipinski definition) is 10. The average molecular weight is 969 g/mol. The molecule has 9 rings (SSSR count). The van der Waals surface area contributed by atoms with Gasteiger partial charge in [-0.2, -0.15) is 31.4 Å². The molecular weight excluding hydrogens is 919 g/mol. The molecule has 366 valence electrons. The lowest BCUT2D eigenvalue weighted by Crippen LogP contribution is -2.41. The zero-order valence-corrected chi connectivity index (χ0v) is 38.5. The van der Waals surface area contributed by atoms with E-state index in [0.29, 0.717) is 63.2 Å². The molecule has 0 unspecified atom stereocenters. The number of anilines is 2. The Balaban J connectivity index is 0.000000200. The third kappa shape index (κ3) is 10.8. The lowest BCUT2D eigenvalue weighted by atomic mass is 9.98. The number of H-pyrrole nitrogens is 3. The van der Waals surface area contributed by atoms with E-state index >= 15 is 0 Å². The van der Waals surface area contributed by atoms with Gasteiger partial charge in [-0.25, -0.2) is 9.97 Å². The number of alkyl halides is 6. The van der Waals surface area contributed by atoms with Crippen molar-refractivity contribution in [3.8, 4) is 22.4 Å². The van der Waals surface area contributed by atoms with E-state index in [1.165, 1.54) is 40.1 Å². The Kier molecular flexibility index (Phi) is 14.3. The molecule has 0 bridgehead atoms. The van der Waals surface area contributed by atoms with Crippen LogP contribution in [0.4, 0.5) is 38.0 Å². The number of carbonyl (C=O) groups is 1. The predicted octanol–water partition coefficient (Wildman–Crippen LogP) is 9.27. The maximum Gasteiger partial charge on any atom is 0.408 e. The van der Waals surface area contributed by atoms with Crippen LogP contribution in [0, 0.1) is 11.8 Å². The molecule has 6 N–H and O–H groups in total. The van der Waals surface area contributed by atoms with Gasteiger partial charge in [-0.1, -0.05) is 58.0 Å². The highest BCUT2D eigenvalue weighted by Gasteiger charge is 2.43. The second-order valence-electron chi connectivity index (χ2n) is 17.6. The highest BCUT2D eigenvalue weighted by molar-refractivity contribution is 6.12. The summed E-state index contributed by atoms with van der Waals surface area (Å²) in [6.45, 7) is 10.4. The molecule has 20 heteroatoms. The summed E-state index contributed by atoms with van der Waals surface area (Å²) >= 11 is 0. The number of aromatic amines is 3. The maximum atomic E-state index is 13.8. The lowest BCUT2D eigenvalue weighted by Gasteiger charge is -2.26. The molecule has 1 aliphatic rings. The van der Waals surface area contributed by atoms with Crippen LogP contribution < -0.4 is 27.1 Å². The molecule has 1 aliphatic heterocycles. The number of fused-ring (bicyclic) bond motifs is 6. The fourth-order valence-corrected chi connectivity index (χ4v) is 8.52. The van der Waals surface area contributed by atoms with Gasteiger partial charge in [-0.15, -0.1) is 0 Å². The van der Waals surface area contributed by atoms with Crippen LogP contribution >= 0.6 is 0 Å². The number of aromatic nitrogens is 6. The van der Waals surface area contributed by atoms with Crippen molar-refractivity contribution < 1.29 is 35.9 Å². The molecule has 2 atom stereocenters. The Morgan fingerprint density at radius 1 is 0.671 bits per heavy atom. The van der Waals surface area contributed by atoms with E-state index in [-0.39, 0.29) is 34.2 Å². The van der Waals surface area contributed by atoms with Crippen LogP contribution in [0.1, 0.15) is 38.1 Å². The Morgan fingerprint density at radius 3 is 1.66 bits per heavy atom. The number of pyridine rings is 4. The van der Waals surface area contributed by atoms with Gasteiger partial charge in [0.05, 0.1) is 40.7 Å². The van der Waals surface area contributed by atoms with E-state index in [0.717, 1.165) is 42.0 Å². The summed E-state index contributed by atoms with van der Waals surface area (Å²) in [5, 5.41) is 17.3. The van der Waals surface area contributed by atoms with Gasteiger partial charge in [-0.05, 0) is 71.5 Å². The van der Waals surface area contributed by atoms with Crippen molar-refractivity contribution in [3.05, 3.63) is 124 Å². The number of rotatable bonds is 12. The molecule has 70 heavy (non-hydrogen) atoms.